The zero-order chi connectivity index (χ0) is 12.8. The number of hydrogen-bond donors (Lipinski definition) is 0. The molecule has 0 amide bonds. The maximum absolute atomic E-state index is 2.47. The molecule has 0 heteroatoms. The molecule has 0 N–H and O–H groups in total. The van der Waals surface area contributed by atoms with E-state index >= 15 is 0 Å². The number of unbranched alkanes of at least 4 members (excludes halogenated alkanes) is 1. The molecule has 0 spiro atoms. The Balaban J connectivity index is 4.16. The largest absolute Gasteiger partial charge is 0.0654 e. The molecule has 0 aliphatic heterocycles. The lowest BCUT2D eigenvalue weighted by Gasteiger charge is -2.38. The van der Waals surface area contributed by atoms with Crippen LogP contribution in [-0.4, -0.2) is 0 Å². The average Bonchev–Trinajstić information content (AvgIpc) is 2.21. The van der Waals surface area contributed by atoms with Crippen LogP contribution in [-0.2, 0) is 0 Å². The van der Waals surface area contributed by atoms with Gasteiger partial charge in [0.05, 0.1) is 0 Å². The van der Waals surface area contributed by atoms with Gasteiger partial charge in [-0.25, -0.2) is 0 Å². The zero-order valence-electron chi connectivity index (χ0n) is 12.8. The van der Waals surface area contributed by atoms with Crippen LogP contribution in [0.5, 0.6) is 0 Å². The van der Waals surface area contributed by atoms with E-state index < -0.39 is 0 Å². The molecule has 0 radical (unpaired) electrons. The maximum atomic E-state index is 2.47. The van der Waals surface area contributed by atoms with Crippen molar-refractivity contribution < 1.29 is 0 Å². The van der Waals surface area contributed by atoms with Gasteiger partial charge >= 0.3 is 0 Å². The molecule has 0 aromatic rings. The Labute approximate surface area is 104 Å². The SMILES string of the molecule is CCCCC(C)C(C)(C)C(C)CCC(C)C. The van der Waals surface area contributed by atoms with Gasteiger partial charge in [0.25, 0.3) is 0 Å². The molecule has 0 fully saturated rings. The van der Waals surface area contributed by atoms with Crippen LogP contribution < -0.4 is 0 Å². The second-order valence-corrected chi connectivity index (χ2v) is 6.74. The Bertz CT molecular complexity index is 167. The zero-order valence-corrected chi connectivity index (χ0v) is 12.8. The van der Waals surface area contributed by atoms with Crippen molar-refractivity contribution in [2.45, 2.75) is 80.6 Å². The van der Waals surface area contributed by atoms with E-state index in [1.54, 1.807) is 0 Å². The van der Waals surface area contributed by atoms with E-state index in [4.69, 9.17) is 0 Å². The molecule has 0 saturated heterocycles. The van der Waals surface area contributed by atoms with Gasteiger partial charge in [-0.2, -0.15) is 0 Å². The molecule has 0 aromatic carbocycles. The summed E-state index contributed by atoms with van der Waals surface area (Å²) in [5, 5.41) is 0. The Hall–Kier alpha value is 0. The van der Waals surface area contributed by atoms with Gasteiger partial charge in [-0.3, -0.25) is 0 Å². The lowest BCUT2D eigenvalue weighted by Crippen LogP contribution is -2.29. The Morgan fingerprint density at radius 1 is 0.812 bits per heavy atom. The summed E-state index contributed by atoms with van der Waals surface area (Å²) < 4.78 is 0. The quantitative estimate of drug-likeness (QED) is 0.482. The predicted octanol–water partition coefficient (Wildman–Crippen LogP) is 5.91. The fraction of sp³-hybridized carbons (Fsp3) is 1.00. The summed E-state index contributed by atoms with van der Waals surface area (Å²) in [6.45, 7) is 16.8. The van der Waals surface area contributed by atoms with Crippen LogP contribution in [0, 0.1) is 23.2 Å². The fourth-order valence-corrected chi connectivity index (χ4v) is 2.32. The second kappa shape index (κ2) is 7.35. The van der Waals surface area contributed by atoms with Crippen LogP contribution in [0.1, 0.15) is 80.6 Å². The molecule has 0 aliphatic rings. The Kier molecular flexibility index (Phi) is 7.35. The van der Waals surface area contributed by atoms with Crippen LogP contribution >= 0.6 is 0 Å². The molecule has 0 rings (SSSR count). The van der Waals surface area contributed by atoms with E-state index in [1.807, 2.05) is 0 Å². The van der Waals surface area contributed by atoms with Gasteiger partial charge in [-0.05, 0) is 29.6 Å². The normalized spacial score (nSPS) is 16.5. The van der Waals surface area contributed by atoms with Gasteiger partial charge in [0.15, 0.2) is 0 Å². The molecule has 0 aliphatic carbocycles. The predicted molar refractivity (Wildman–Crippen MR) is 75.7 cm³/mol. The topological polar surface area (TPSA) is 0 Å². The first-order valence-electron chi connectivity index (χ1n) is 7.32. The van der Waals surface area contributed by atoms with E-state index in [2.05, 4.69) is 48.5 Å². The van der Waals surface area contributed by atoms with Crippen molar-refractivity contribution in [3.05, 3.63) is 0 Å². The van der Waals surface area contributed by atoms with Crippen LogP contribution in [0.4, 0.5) is 0 Å². The molecule has 98 valence electrons. The van der Waals surface area contributed by atoms with Crippen molar-refractivity contribution >= 4 is 0 Å². The number of rotatable bonds is 8. The second-order valence-electron chi connectivity index (χ2n) is 6.74. The molecule has 0 bridgehead atoms. The van der Waals surface area contributed by atoms with Crippen molar-refractivity contribution in [3.8, 4) is 0 Å². The molecule has 0 aromatic heterocycles. The van der Waals surface area contributed by atoms with E-state index in [0.29, 0.717) is 5.41 Å². The van der Waals surface area contributed by atoms with Crippen molar-refractivity contribution in [1.29, 1.82) is 0 Å². The van der Waals surface area contributed by atoms with Crippen LogP contribution in [0.15, 0.2) is 0 Å². The monoisotopic (exact) mass is 226 g/mol. The molecular formula is C16H34. The summed E-state index contributed by atoms with van der Waals surface area (Å²) in [5.41, 5.74) is 0.504. The van der Waals surface area contributed by atoms with Crippen molar-refractivity contribution in [1.82, 2.24) is 0 Å². The van der Waals surface area contributed by atoms with E-state index in [-0.39, 0.29) is 0 Å². The summed E-state index contributed by atoms with van der Waals surface area (Å²) in [6.07, 6.45) is 6.89. The lowest BCUT2D eigenvalue weighted by molar-refractivity contribution is 0.117. The van der Waals surface area contributed by atoms with E-state index in [9.17, 15) is 0 Å². The van der Waals surface area contributed by atoms with E-state index in [0.717, 1.165) is 17.8 Å². The number of hydrogen-bond acceptors (Lipinski definition) is 0. The molecule has 2 atom stereocenters. The van der Waals surface area contributed by atoms with Crippen molar-refractivity contribution in [2.24, 2.45) is 23.2 Å². The molecule has 0 nitrogen and oxygen atoms in total. The summed E-state index contributed by atoms with van der Waals surface area (Å²) in [6, 6.07) is 0. The molecule has 16 heavy (non-hydrogen) atoms. The summed E-state index contributed by atoms with van der Waals surface area (Å²) >= 11 is 0. The highest BCUT2D eigenvalue weighted by atomic mass is 14.4. The van der Waals surface area contributed by atoms with E-state index in [1.165, 1.54) is 32.1 Å². The molecule has 2 unspecified atom stereocenters. The minimum atomic E-state index is 0.504. The first-order chi connectivity index (χ1) is 7.32. The first-order valence-corrected chi connectivity index (χ1v) is 7.32. The van der Waals surface area contributed by atoms with Gasteiger partial charge in [0.1, 0.15) is 0 Å². The molecular weight excluding hydrogens is 192 g/mol. The first kappa shape index (κ1) is 16.0. The van der Waals surface area contributed by atoms with Crippen molar-refractivity contribution in [3.63, 3.8) is 0 Å². The Morgan fingerprint density at radius 3 is 1.75 bits per heavy atom. The standard InChI is InChI=1S/C16H34/c1-8-9-10-14(4)16(6,7)15(5)12-11-13(2)3/h13-15H,8-12H2,1-7H3. The van der Waals surface area contributed by atoms with Gasteiger partial charge in [-0.1, -0.05) is 74.1 Å². The highest BCUT2D eigenvalue weighted by Gasteiger charge is 2.31. The summed E-state index contributed by atoms with van der Waals surface area (Å²) in [4.78, 5) is 0. The minimum Gasteiger partial charge on any atom is -0.0654 e. The molecule has 0 saturated carbocycles. The van der Waals surface area contributed by atoms with Gasteiger partial charge in [-0.15, -0.1) is 0 Å². The smallest absolute Gasteiger partial charge is 0.0303 e. The average molecular weight is 226 g/mol. The molecule has 0 heterocycles. The maximum Gasteiger partial charge on any atom is -0.0303 e. The van der Waals surface area contributed by atoms with Crippen molar-refractivity contribution in [2.75, 3.05) is 0 Å². The van der Waals surface area contributed by atoms with Crippen LogP contribution in [0.2, 0.25) is 0 Å². The third-order valence-electron chi connectivity index (χ3n) is 4.71. The van der Waals surface area contributed by atoms with Gasteiger partial charge in [0.2, 0.25) is 0 Å². The fourth-order valence-electron chi connectivity index (χ4n) is 2.32. The third kappa shape index (κ3) is 5.37. The summed E-state index contributed by atoms with van der Waals surface area (Å²) in [7, 11) is 0. The lowest BCUT2D eigenvalue weighted by atomic mass is 9.67. The van der Waals surface area contributed by atoms with Crippen LogP contribution in [0.25, 0.3) is 0 Å². The highest BCUT2D eigenvalue weighted by Crippen LogP contribution is 2.40. The van der Waals surface area contributed by atoms with Gasteiger partial charge in [0, 0.05) is 0 Å². The summed E-state index contributed by atoms with van der Waals surface area (Å²) in [5.74, 6) is 2.56. The van der Waals surface area contributed by atoms with Crippen LogP contribution in [0.3, 0.4) is 0 Å². The minimum absolute atomic E-state index is 0.504. The Morgan fingerprint density at radius 2 is 1.31 bits per heavy atom. The van der Waals surface area contributed by atoms with Gasteiger partial charge < -0.3 is 0 Å². The highest BCUT2D eigenvalue weighted by molar-refractivity contribution is 4.80. The third-order valence-corrected chi connectivity index (χ3v) is 4.71.